The zero-order chi connectivity index (χ0) is 12.8. The quantitative estimate of drug-likeness (QED) is 0.849. The fourth-order valence-electron chi connectivity index (χ4n) is 2.24. The van der Waals surface area contributed by atoms with Gasteiger partial charge in [-0.1, -0.05) is 12.1 Å². The molecule has 0 unspecified atom stereocenters. The van der Waals surface area contributed by atoms with Crippen LogP contribution in [-0.2, 0) is 11.3 Å². The van der Waals surface area contributed by atoms with E-state index in [-0.39, 0.29) is 11.7 Å². The molecule has 0 bridgehead atoms. The van der Waals surface area contributed by atoms with Gasteiger partial charge in [-0.2, -0.15) is 0 Å². The Bertz CT molecular complexity index is 401. The third-order valence-corrected chi connectivity index (χ3v) is 3.22. The number of carbonyl (C=O) groups is 1. The number of benzene rings is 1. The Balaban J connectivity index is 1.73. The largest absolute Gasteiger partial charge is 0.508 e. The number of rotatable bonds is 4. The van der Waals surface area contributed by atoms with Crippen molar-refractivity contribution in [1.82, 2.24) is 10.2 Å². The third-order valence-electron chi connectivity index (χ3n) is 3.22. The van der Waals surface area contributed by atoms with E-state index < -0.39 is 0 Å². The summed E-state index contributed by atoms with van der Waals surface area (Å²) in [5.74, 6) is 0.437. The Morgan fingerprint density at radius 3 is 2.78 bits per heavy atom. The summed E-state index contributed by atoms with van der Waals surface area (Å²) < 4.78 is 0. The summed E-state index contributed by atoms with van der Waals surface area (Å²) in [5.41, 5.74) is 0.987. The zero-order valence-corrected chi connectivity index (χ0v) is 10.6. The Kier molecular flexibility index (Phi) is 4.59. The molecule has 4 heteroatoms. The molecule has 0 spiro atoms. The standard InChI is InChI=1S/C14H20N2O2/c17-13-6-4-5-12(9-13)10-15-11-14(18)16-7-2-1-3-8-16/h4-6,9,15,17H,1-3,7-8,10-11H2. The van der Waals surface area contributed by atoms with Crippen LogP contribution in [0.1, 0.15) is 24.8 Å². The lowest BCUT2D eigenvalue weighted by molar-refractivity contribution is -0.131. The van der Waals surface area contributed by atoms with E-state index in [2.05, 4.69) is 5.32 Å². The van der Waals surface area contributed by atoms with Crippen molar-refractivity contribution < 1.29 is 9.90 Å². The highest BCUT2D eigenvalue weighted by Crippen LogP contribution is 2.11. The minimum atomic E-state index is 0.176. The van der Waals surface area contributed by atoms with Gasteiger partial charge < -0.3 is 15.3 Å². The van der Waals surface area contributed by atoms with Crippen molar-refractivity contribution in [2.75, 3.05) is 19.6 Å². The number of nitrogens with zero attached hydrogens (tertiary/aromatic N) is 1. The third kappa shape index (κ3) is 3.74. The van der Waals surface area contributed by atoms with Crippen LogP contribution in [0.5, 0.6) is 5.75 Å². The lowest BCUT2D eigenvalue weighted by Crippen LogP contribution is -2.40. The van der Waals surface area contributed by atoms with Crippen LogP contribution in [0.15, 0.2) is 24.3 Å². The van der Waals surface area contributed by atoms with Crippen LogP contribution >= 0.6 is 0 Å². The maximum atomic E-state index is 11.9. The second-order valence-electron chi connectivity index (χ2n) is 4.71. The normalized spacial score (nSPS) is 15.7. The minimum Gasteiger partial charge on any atom is -0.508 e. The van der Waals surface area contributed by atoms with Gasteiger partial charge in [0.25, 0.3) is 0 Å². The van der Waals surface area contributed by atoms with Gasteiger partial charge in [0.1, 0.15) is 5.75 Å². The van der Waals surface area contributed by atoms with E-state index >= 15 is 0 Å². The maximum Gasteiger partial charge on any atom is 0.236 e. The number of amides is 1. The number of likely N-dealkylation sites (tertiary alicyclic amines) is 1. The van der Waals surface area contributed by atoms with Crippen LogP contribution < -0.4 is 5.32 Å². The van der Waals surface area contributed by atoms with E-state index in [1.165, 1.54) is 6.42 Å². The molecule has 4 nitrogen and oxygen atoms in total. The first-order valence-corrected chi connectivity index (χ1v) is 6.52. The van der Waals surface area contributed by atoms with Crippen molar-refractivity contribution in [1.29, 1.82) is 0 Å². The molecule has 0 aliphatic carbocycles. The number of phenols is 1. The Morgan fingerprint density at radius 2 is 2.06 bits per heavy atom. The lowest BCUT2D eigenvalue weighted by atomic mass is 10.1. The predicted molar refractivity (Wildman–Crippen MR) is 70.2 cm³/mol. The Morgan fingerprint density at radius 1 is 1.28 bits per heavy atom. The minimum absolute atomic E-state index is 0.176. The molecule has 18 heavy (non-hydrogen) atoms. The first-order valence-electron chi connectivity index (χ1n) is 6.52. The van der Waals surface area contributed by atoms with Crippen LogP contribution in [0.3, 0.4) is 0 Å². The number of hydrogen-bond donors (Lipinski definition) is 2. The van der Waals surface area contributed by atoms with Crippen LogP contribution in [-0.4, -0.2) is 35.5 Å². The van der Waals surface area contributed by atoms with E-state index in [0.717, 1.165) is 31.5 Å². The first-order chi connectivity index (χ1) is 8.75. The summed E-state index contributed by atoms with van der Waals surface area (Å²) in [7, 11) is 0. The van der Waals surface area contributed by atoms with Gasteiger partial charge in [-0.25, -0.2) is 0 Å². The molecule has 1 amide bonds. The van der Waals surface area contributed by atoms with Gasteiger partial charge in [-0.05, 0) is 37.0 Å². The smallest absolute Gasteiger partial charge is 0.236 e. The number of aromatic hydroxyl groups is 1. The average Bonchev–Trinajstić information content (AvgIpc) is 2.40. The summed E-state index contributed by atoms with van der Waals surface area (Å²) in [6.07, 6.45) is 3.48. The predicted octanol–water partition coefficient (Wildman–Crippen LogP) is 1.49. The molecule has 2 N–H and O–H groups in total. The highest BCUT2D eigenvalue weighted by Gasteiger charge is 2.15. The molecular weight excluding hydrogens is 228 g/mol. The van der Waals surface area contributed by atoms with E-state index in [1.54, 1.807) is 18.2 Å². The van der Waals surface area contributed by atoms with Crippen molar-refractivity contribution >= 4 is 5.91 Å². The van der Waals surface area contributed by atoms with Gasteiger partial charge in [0.2, 0.25) is 5.91 Å². The fraction of sp³-hybridized carbons (Fsp3) is 0.500. The van der Waals surface area contributed by atoms with Crippen LogP contribution in [0, 0.1) is 0 Å². The lowest BCUT2D eigenvalue weighted by Gasteiger charge is -2.26. The van der Waals surface area contributed by atoms with Gasteiger partial charge in [0.05, 0.1) is 6.54 Å². The number of hydrogen-bond acceptors (Lipinski definition) is 3. The molecule has 1 aromatic carbocycles. The molecule has 1 saturated heterocycles. The molecule has 98 valence electrons. The topological polar surface area (TPSA) is 52.6 Å². The van der Waals surface area contributed by atoms with E-state index in [0.29, 0.717) is 13.1 Å². The molecular formula is C14H20N2O2. The van der Waals surface area contributed by atoms with Gasteiger partial charge in [0, 0.05) is 19.6 Å². The molecule has 1 heterocycles. The van der Waals surface area contributed by atoms with Gasteiger partial charge in [-0.15, -0.1) is 0 Å². The monoisotopic (exact) mass is 248 g/mol. The molecule has 0 aromatic heterocycles. The molecule has 1 aliphatic heterocycles. The van der Waals surface area contributed by atoms with E-state index in [1.807, 2.05) is 11.0 Å². The number of phenolic OH excluding ortho intramolecular Hbond substituents is 1. The van der Waals surface area contributed by atoms with Crippen molar-refractivity contribution in [3.63, 3.8) is 0 Å². The highest BCUT2D eigenvalue weighted by atomic mass is 16.3. The Labute approximate surface area is 108 Å². The molecule has 1 aliphatic rings. The van der Waals surface area contributed by atoms with Crippen molar-refractivity contribution in [3.05, 3.63) is 29.8 Å². The molecule has 0 radical (unpaired) electrons. The molecule has 2 rings (SSSR count). The Hall–Kier alpha value is -1.55. The molecule has 1 fully saturated rings. The van der Waals surface area contributed by atoms with Gasteiger partial charge in [0.15, 0.2) is 0 Å². The highest BCUT2D eigenvalue weighted by molar-refractivity contribution is 5.78. The number of piperidine rings is 1. The second-order valence-corrected chi connectivity index (χ2v) is 4.71. The average molecular weight is 248 g/mol. The van der Waals surface area contributed by atoms with E-state index in [9.17, 15) is 9.90 Å². The fourth-order valence-corrected chi connectivity index (χ4v) is 2.24. The molecule has 0 atom stereocenters. The number of carbonyl (C=O) groups excluding carboxylic acids is 1. The van der Waals surface area contributed by atoms with Gasteiger partial charge in [-0.3, -0.25) is 4.79 Å². The van der Waals surface area contributed by atoms with Gasteiger partial charge >= 0.3 is 0 Å². The van der Waals surface area contributed by atoms with Crippen LogP contribution in [0.4, 0.5) is 0 Å². The summed E-state index contributed by atoms with van der Waals surface area (Å²) in [4.78, 5) is 13.8. The maximum absolute atomic E-state index is 11.9. The summed E-state index contributed by atoms with van der Waals surface area (Å²) in [6.45, 7) is 2.77. The molecule has 1 aromatic rings. The number of nitrogens with one attached hydrogen (secondary N) is 1. The first kappa shape index (κ1) is 12.9. The zero-order valence-electron chi connectivity index (χ0n) is 10.6. The second kappa shape index (κ2) is 6.40. The summed E-state index contributed by atoms with van der Waals surface area (Å²) in [6, 6.07) is 7.08. The summed E-state index contributed by atoms with van der Waals surface area (Å²) in [5, 5.41) is 12.4. The summed E-state index contributed by atoms with van der Waals surface area (Å²) >= 11 is 0. The van der Waals surface area contributed by atoms with Crippen LogP contribution in [0.2, 0.25) is 0 Å². The van der Waals surface area contributed by atoms with E-state index in [4.69, 9.17) is 0 Å². The van der Waals surface area contributed by atoms with Crippen LogP contribution in [0.25, 0.3) is 0 Å². The van der Waals surface area contributed by atoms with Crippen molar-refractivity contribution in [2.45, 2.75) is 25.8 Å². The van der Waals surface area contributed by atoms with Crippen molar-refractivity contribution in [2.24, 2.45) is 0 Å². The van der Waals surface area contributed by atoms with Crippen molar-refractivity contribution in [3.8, 4) is 5.75 Å². The SMILES string of the molecule is O=C(CNCc1cccc(O)c1)N1CCCCC1. The molecule has 0 saturated carbocycles.